The molecule has 0 bridgehead atoms. The minimum atomic E-state index is -0.337. The van der Waals surface area contributed by atoms with E-state index in [4.69, 9.17) is 9.47 Å². The van der Waals surface area contributed by atoms with Gasteiger partial charge in [-0.2, -0.15) is 0 Å². The molecule has 2 rings (SSSR count). The van der Waals surface area contributed by atoms with Gasteiger partial charge in [0.2, 0.25) is 0 Å². The molecule has 29 heavy (non-hydrogen) atoms. The molecule has 0 fully saturated rings. The summed E-state index contributed by atoms with van der Waals surface area (Å²) in [6.07, 6.45) is 3.12. The van der Waals surface area contributed by atoms with Gasteiger partial charge in [0.05, 0.1) is 38.4 Å². The molecule has 0 aliphatic carbocycles. The molecule has 2 aromatic heterocycles. The van der Waals surface area contributed by atoms with Crippen molar-refractivity contribution < 1.29 is 28.7 Å². The maximum atomic E-state index is 11.6. The van der Waals surface area contributed by atoms with Crippen molar-refractivity contribution in [3.05, 3.63) is 45.0 Å². The zero-order valence-electron chi connectivity index (χ0n) is 17.1. The van der Waals surface area contributed by atoms with Gasteiger partial charge in [0.1, 0.15) is 0 Å². The summed E-state index contributed by atoms with van der Waals surface area (Å²) in [6.45, 7) is 3.68. The average molecular weight is 402 g/mol. The van der Waals surface area contributed by atoms with Gasteiger partial charge in [0, 0.05) is 17.8 Å². The predicted molar refractivity (Wildman–Crippen MR) is 105 cm³/mol. The fraction of sp³-hybridized carbons (Fsp3) is 0.429. The SMILES string of the molecule is COC(=O)CCc1[nH]c(C=O)c(C)c1Cc1c(CCC(=O)OC)[nH]c(C=O)c1C. The van der Waals surface area contributed by atoms with E-state index in [9.17, 15) is 19.2 Å². The number of carbonyl (C=O) groups is 4. The van der Waals surface area contributed by atoms with E-state index in [1.807, 2.05) is 13.8 Å². The smallest absolute Gasteiger partial charge is 0.305 e. The van der Waals surface area contributed by atoms with E-state index < -0.39 is 0 Å². The summed E-state index contributed by atoms with van der Waals surface area (Å²) in [5.74, 6) is -0.675. The molecule has 0 atom stereocenters. The third-order valence-corrected chi connectivity index (χ3v) is 5.22. The van der Waals surface area contributed by atoms with Crippen LogP contribution in [0.5, 0.6) is 0 Å². The predicted octanol–water partition coefficient (Wildman–Crippen LogP) is 2.39. The second-order valence-electron chi connectivity index (χ2n) is 6.81. The van der Waals surface area contributed by atoms with Gasteiger partial charge in [-0.25, -0.2) is 0 Å². The fourth-order valence-electron chi connectivity index (χ4n) is 3.42. The molecule has 0 saturated carbocycles. The highest BCUT2D eigenvalue weighted by atomic mass is 16.5. The summed E-state index contributed by atoms with van der Waals surface area (Å²) >= 11 is 0. The highest BCUT2D eigenvalue weighted by Gasteiger charge is 2.21. The summed E-state index contributed by atoms with van der Waals surface area (Å²) in [5, 5.41) is 0. The van der Waals surface area contributed by atoms with E-state index in [0.717, 1.165) is 46.2 Å². The van der Waals surface area contributed by atoms with E-state index in [2.05, 4.69) is 9.97 Å². The molecule has 0 spiro atoms. The molecule has 2 N–H and O–H groups in total. The lowest BCUT2D eigenvalue weighted by molar-refractivity contribution is -0.141. The molecule has 0 unspecified atom stereocenters. The Morgan fingerprint density at radius 3 is 1.48 bits per heavy atom. The van der Waals surface area contributed by atoms with Crippen molar-refractivity contribution in [2.75, 3.05) is 14.2 Å². The number of methoxy groups -OCH3 is 2. The van der Waals surface area contributed by atoms with Crippen LogP contribution in [0.1, 0.15) is 67.5 Å². The van der Waals surface area contributed by atoms with Crippen LogP contribution in [0.25, 0.3) is 0 Å². The van der Waals surface area contributed by atoms with Crippen LogP contribution in [0.4, 0.5) is 0 Å². The van der Waals surface area contributed by atoms with Gasteiger partial charge in [-0.05, 0) is 48.9 Å². The molecule has 0 aromatic carbocycles. The fourth-order valence-corrected chi connectivity index (χ4v) is 3.42. The van der Waals surface area contributed by atoms with Crippen LogP contribution in [-0.4, -0.2) is 48.7 Å². The van der Waals surface area contributed by atoms with Gasteiger partial charge < -0.3 is 19.4 Å². The number of ether oxygens (including phenoxy) is 2. The number of aldehydes is 2. The first kappa shape index (κ1) is 22.1. The second-order valence-corrected chi connectivity index (χ2v) is 6.81. The van der Waals surface area contributed by atoms with Crippen LogP contribution in [0, 0.1) is 13.8 Å². The molecule has 0 aliphatic rings. The number of H-pyrrole nitrogens is 2. The Kier molecular flexibility index (Phi) is 7.52. The number of esters is 2. The zero-order chi connectivity index (χ0) is 21.6. The number of hydrogen-bond donors (Lipinski definition) is 2. The maximum Gasteiger partial charge on any atom is 0.305 e. The van der Waals surface area contributed by atoms with Crippen molar-refractivity contribution in [1.29, 1.82) is 0 Å². The van der Waals surface area contributed by atoms with Gasteiger partial charge in [-0.3, -0.25) is 19.2 Å². The highest BCUT2D eigenvalue weighted by Crippen LogP contribution is 2.27. The Morgan fingerprint density at radius 2 is 1.17 bits per heavy atom. The van der Waals surface area contributed by atoms with Gasteiger partial charge in [-0.1, -0.05) is 0 Å². The van der Waals surface area contributed by atoms with Crippen molar-refractivity contribution in [3.63, 3.8) is 0 Å². The van der Waals surface area contributed by atoms with Crippen molar-refractivity contribution in [3.8, 4) is 0 Å². The van der Waals surface area contributed by atoms with E-state index >= 15 is 0 Å². The highest BCUT2D eigenvalue weighted by molar-refractivity contribution is 5.78. The molecule has 0 saturated heterocycles. The molecule has 2 heterocycles. The monoisotopic (exact) mass is 402 g/mol. The van der Waals surface area contributed by atoms with Crippen molar-refractivity contribution in [2.45, 2.75) is 46.0 Å². The second kappa shape index (κ2) is 9.86. The first-order valence-electron chi connectivity index (χ1n) is 9.30. The number of rotatable bonds is 10. The van der Waals surface area contributed by atoms with Crippen LogP contribution >= 0.6 is 0 Å². The van der Waals surface area contributed by atoms with E-state index in [1.54, 1.807) is 0 Å². The Balaban J connectivity index is 2.41. The number of hydrogen-bond acceptors (Lipinski definition) is 6. The average Bonchev–Trinajstić information content (AvgIpc) is 3.20. The van der Waals surface area contributed by atoms with Crippen LogP contribution < -0.4 is 0 Å². The van der Waals surface area contributed by atoms with Crippen molar-refractivity contribution in [2.24, 2.45) is 0 Å². The minimum absolute atomic E-state index is 0.183. The van der Waals surface area contributed by atoms with Gasteiger partial charge >= 0.3 is 11.9 Å². The van der Waals surface area contributed by atoms with Gasteiger partial charge in [-0.15, -0.1) is 0 Å². The molecule has 8 heteroatoms. The zero-order valence-corrected chi connectivity index (χ0v) is 17.1. The summed E-state index contributed by atoms with van der Waals surface area (Å²) in [6, 6.07) is 0. The van der Waals surface area contributed by atoms with E-state index in [-0.39, 0.29) is 24.8 Å². The summed E-state index contributed by atoms with van der Waals surface area (Å²) in [5.41, 5.74) is 5.87. The van der Waals surface area contributed by atoms with Crippen LogP contribution in [-0.2, 0) is 38.3 Å². The maximum absolute atomic E-state index is 11.6. The van der Waals surface area contributed by atoms with E-state index in [0.29, 0.717) is 30.7 Å². The largest absolute Gasteiger partial charge is 0.469 e. The third-order valence-electron chi connectivity index (χ3n) is 5.22. The number of carbonyl (C=O) groups excluding carboxylic acids is 4. The normalized spacial score (nSPS) is 10.6. The van der Waals surface area contributed by atoms with Crippen LogP contribution in [0.2, 0.25) is 0 Å². The van der Waals surface area contributed by atoms with Crippen molar-refractivity contribution in [1.82, 2.24) is 9.97 Å². The number of aromatic nitrogens is 2. The van der Waals surface area contributed by atoms with E-state index in [1.165, 1.54) is 14.2 Å². The lowest BCUT2D eigenvalue weighted by Gasteiger charge is -2.09. The lowest BCUT2D eigenvalue weighted by Crippen LogP contribution is -2.06. The number of aromatic amines is 2. The van der Waals surface area contributed by atoms with Crippen LogP contribution in [0.3, 0.4) is 0 Å². The summed E-state index contributed by atoms with van der Waals surface area (Å²) in [4.78, 5) is 52.1. The van der Waals surface area contributed by atoms with Gasteiger partial charge in [0.15, 0.2) is 12.6 Å². The van der Waals surface area contributed by atoms with Crippen molar-refractivity contribution >= 4 is 24.5 Å². The Hall–Kier alpha value is -3.16. The first-order chi connectivity index (χ1) is 13.9. The number of nitrogens with one attached hydrogen (secondary N) is 2. The summed E-state index contributed by atoms with van der Waals surface area (Å²) in [7, 11) is 2.66. The quantitative estimate of drug-likeness (QED) is 0.465. The summed E-state index contributed by atoms with van der Waals surface area (Å²) < 4.78 is 9.41. The topological polar surface area (TPSA) is 118 Å². The Labute approximate surface area is 169 Å². The molecule has 156 valence electrons. The lowest BCUT2D eigenvalue weighted by atomic mass is 9.95. The molecular weight excluding hydrogens is 376 g/mol. The molecule has 0 radical (unpaired) electrons. The molecule has 8 nitrogen and oxygen atoms in total. The standard InChI is InChI=1S/C21H26N2O6/c1-12-14(16(22-18(12)10-24)5-7-20(26)28-3)9-15-13(2)19(11-25)23-17(15)6-8-21(27)29-4/h10-11,22-23H,5-9H2,1-4H3. The molecule has 0 aliphatic heterocycles. The Bertz CT molecular complexity index is 848. The molecule has 2 aromatic rings. The Morgan fingerprint density at radius 1 is 0.793 bits per heavy atom. The van der Waals surface area contributed by atoms with Crippen LogP contribution in [0.15, 0.2) is 0 Å². The first-order valence-corrected chi connectivity index (χ1v) is 9.30. The molecule has 0 amide bonds. The molecular formula is C21H26N2O6. The minimum Gasteiger partial charge on any atom is -0.469 e. The van der Waals surface area contributed by atoms with Gasteiger partial charge in [0.25, 0.3) is 0 Å². The third kappa shape index (κ3) is 5.01. The number of aryl methyl sites for hydroxylation is 2.